The molecule has 0 radical (unpaired) electrons. The van der Waals surface area contributed by atoms with E-state index in [9.17, 15) is 4.79 Å². The molecule has 0 heterocycles. The van der Waals surface area contributed by atoms with Crippen LogP contribution in [0.5, 0.6) is 0 Å². The molecule has 0 bridgehead atoms. The van der Waals surface area contributed by atoms with Crippen LogP contribution in [0.2, 0.25) is 12.1 Å². The summed E-state index contributed by atoms with van der Waals surface area (Å²) in [5.74, 6) is 0. The second-order valence-corrected chi connectivity index (χ2v) is 7.61. The van der Waals surface area contributed by atoms with E-state index in [-0.39, 0.29) is 0 Å². The molecule has 100 valence electrons. The smallest absolute Gasteiger partial charge is 0.374 e. The molecule has 0 N–H and O–H groups in total. The van der Waals surface area contributed by atoms with Crippen LogP contribution in [0.4, 0.5) is 0 Å². The number of carbonyl (C=O) groups excluding carboxylic acids is 1. The van der Waals surface area contributed by atoms with Gasteiger partial charge < -0.3 is 13.3 Å². The van der Waals surface area contributed by atoms with Crippen LogP contribution in [-0.2, 0) is 18.1 Å². The zero-order chi connectivity index (χ0) is 13.0. The van der Waals surface area contributed by atoms with Crippen molar-refractivity contribution in [3.05, 3.63) is 0 Å². The standard InChI is InChI=1S/C10H23NO4Si2/c1-4-13-17(14-5-2,15-6-3)9-7-8-16-11-10-12/h4-9,16H2,1-3H3. The minimum atomic E-state index is -2.47. The third-order valence-corrected chi connectivity index (χ3v) is 6.48. The molecule has 0 saturated heterocycles. The fourth-order valence-corrected chi connectivity index (χ4v) is 5.49. The van der Waals surface area contributed by atoms with Crippen molar-refractivity contribution in [3.63, 3.8) is 0 Å². The number of hydrogen-bond donors (Lipinski definition) is 0. The molecule has 0 aliphatic carbocycles. The van der Waals surface area contributed by atoms with Crippen molar-refractivity contribution in [2.45, 2.75) is 39.3 Å². The predicted molar refractivity (Wildman–Crippen MR) is 71.5 cm³/mol. The van der Waals surface area contributed by atoms with Crippen LogP contribution < -0.4 is 0 Å². The van der Waals surface area contributed by atoms with Crippen LogP contribution in [-0.4, -0.2) is 44.4 Å². The molecule has 0 rings (SSSR count). The Morgan fingerprint density at radius 2 is 1.65 bits per heavy atom. The van der Waals surface area contributed by atoms with Gasteiger partial charge in [0.15, 0.2) is 9.68 Å². The van der Waals surface area contributed by atoms with Gasteiger partial charge in [0.25, 0.3) is 0 Å². The van der Waals surface area contributed by atoms with E-state index in [4.69, 9.17) is 13.3 Å². The summed E-state index contributed by atoms with van der Waals surface area (Å²) in [6.45, 7) is 7.67. The van der Waals surface area contributed by atoms with E-state index in [1.165, 1.54) is 0 Å². The summed E-state index contributed by atoms with van der Waals surface area (Å²) in [5.41, 5.74) is 0. The van der Waals surface area contributed by atoms with Gasteiger partial charge in [-0.05, 0) is 26.8 Å². The lowest BCUT2D eigenvalue weighted by Crippen LogP contribution is -2.45. The first-order valence-corrected chi connectivity index (χ1v) is 9.76. The predicted octanol–water partition coefficient (Wildman–Crippen LogP) is 1.26. The average molecular weight is 277 g/mol. The van der Waals surface area contributed by atoms with Crippen molar-refractivity contribution in [1.29, 1.82) is 0 Å². The fourth-order valence-electron chi connectivity index (χ4n) is 1.58. The molecule has 7 heteroatoms. The van der Waals surface area contributed by atoms with E-state index in [2.05, 4.69) is 4.66 Å². The Labute approximate surface area is 107 Å². The Balaban J connectivity index is 4.17. The van der Waals surface area contributed by atoms with Crippen LogP contribution in [0.1, 0.15) is 27.2 Å². The largest absolute Gasteiger partial charge is 0.500 e. The second kappa shape index (κ2) is 10.8. The Hall–Kier alpha value is -0.306. The van der Waals surface area contributed by atoms with E-state index in [1.54, 1.807) is 6.08 Å². The first-order chi connectivity index (χ1) is 8.24. The Morgan fingerprint density at radius 1 is 1.12 bits per heavy atom. The zero-order valence-corrected chi connectivity index (χ0v) is 13.4. The molecule has 0 atom stereocenters. The Morgan fingerprint density at radius 3 is 2.06 bits per heavy atom. The van der Waals surface area contributed by atoms with Gasteiger partial charge in [-0.1, -0.05) is 6.42 Å². The fraction of sp³-hybridized carbons (Fsp3) is 0.900. The molecule has 0 fully saturated rings. The minimum Gasteiger partial charge on any atom is -0.374 e. The Bertz CT molecular complexity index is 217. The van der Waals surface area contributed by atoms with Crippen LogP contribution in [0.25, 0.3) is 0 Å². The maximum absolute atomic E-state index is 9.95. The van der Waals surface area contributed by atoms with Crippen molar-refractivity contribution in [1.82, 2.24) is 0 Å². The molecule has 0 unspecified atom stereocenters. The molecular weight excluding hydrogens is 254 g/mol. The molecule has 0 aromatic rings. The summed E-state index contributed by atoms with van der Waals surface area (Å²) < 4.78 is 20.8. The van der Waals surface area contributed by atoms with Crippen molar-refractivity contribution >= 4 is 24.6 Å². The van der Waals surface area contributed by atoms with Gasteiger partial charge in [-0.3, -0.25) is 4.66 Å². The SMILES string of the molecule is CCO[Si](CCC[SiH2]N=C=O)(OCC)OCC. The summed E-state index contributed by atoms with van der Waals surface area (Å²) in [5, 5.41) is 0. The van der Waals surface area contributed by atoms with Gasteiger partial charge >= 0.3 is 8.80 Å². The number of isocyanates is 1. The highest BCUT2D eigenvalue weighted by Gasteiger charge is 2.39. The summed E-state index contributed by atoms with van der Waals surface area (Å²) in [7, 11) is -3.12. The highest BCUT2D eigenvalue weighted by atomic mass is 28.4. The first kappa shape index (κ1) is 16.7. The Kier molecular flexibility index (Phi) is 10.6. The molecular formula is C10H23NO4Si2. The van der Waals surface area contributed by atoms with Gasteiger partial charge in [-0.25, -0.2) is 4.79 Å². The van der Waals surface area contributed by atoms with Crippen LogP contribution in [0, 0.1) is 0 Å². The molecule has 0 aliphatic heterocycles. The van der Waals surface area contributed by atoms with E-state index >= 15 is 0 Å². The summed E-state index contributed by atoms with van der Waals surface area (Å²) in [6, 6.07) is 1.78. The molecule has 0 aromatic heterocycles. The molecule has 0 aromatic carbocycles. The number of hydrogen-bond acceptors (Lipinski definition) is 5. The van der Waals surface area contributed by atoms with Crippen LogP contribution in [0.15, 0.2) is 4.66 Å². The van der Waals surface area contributed by atoms with Gasteiger partial charge in [-0.15, -0.1) is 0 Å². The lowest BCUT2D eigenvalue weighted by Gasteiger charge is -2.28. The highest BCUT2D eigenvalue weighted by molar-refractivity contribution is 6.60. The molecule has 0 aliphatic rings. The molecule has 17 heavy (non-hydrogen) atoms. The number of rotatable bonds is 11. The van der Waals surface area contributed by atoms with Crippen LogP contribution in [0.3, 0.4) is 0 Å². The average Bonchev–Trinajstić information content (AvgIpc) is 2.30. The van der Waals surface area contributed by atoms with E-state index < -0.39 is 18.5 Å². The second-order valence-electron chi connectivity index (χ2n) is 3.41. The maximum atomic E-state index is 9.95. The first-order valence-electron chi connectivity index (χ1n) is 6.20. The lowest BCUT2D eigenvalue weighted by molar-refractivity contribution is 0.0711. The molecule has 5 nitrogen and oxygen atoms in total. The van der Waals surface area contributed by atoms with Crippen LogP contribution >= 0.6 is 0 Å². The van der Waals surface area contributed by atoms with Gasteiger partial charge in [0.05, 0.1) is 0 Å². The minimum absolute atomic E-state index is 0.607. The van der Waals surface area contributed by atoms with E-state index in [1.807, 2.05) is 20.8 Å². The third kappa shape index (κ3) is 7.59. The third-order valence-electron chi connectivity index (χ3n) is 2.16. The van der Waals surface area contributed by atoms with E-state index in [0.717, 1.165) is 18.5 Å². The molecule has 0 spiro atoms. The zero-order valence-electron chi connectivity index (χ0n) is 11.0. The summed E-state index contributed by atoms with van der Waals surface area (Å²) in [4.78, 5) is 9.95. The van der Waals surface area contributed by atoms with Crippen molar-refractivity contribution in [2.24, 2.45) is 4.66 Å². The van der Waals surface area contributed by atoms with Gasteiger partial charge in [-0.2, -0.15) is 0 Å². The van der Waals surface area contributed by atoms with Gasteiger partial charge in [0.2, 0.25) is 6.08 Å². The van der Waals surface area contributed by atoms with Gasteiger partial charge in [0, 0.05) is 25.9 Å². The topological polar surface area (TPSA) is 57.1 Å². The normalized spacial score (nSPS) is 11.9. The van der Waals surface area contributed by atoms with E-state index in [0.29, 0.717) is 19.8 Å². The maximum Gasteiger partial charge on any atom is 0.500 e. The van der Waals surface area contributed by atoms with Crippen molar-refractivity contribution in [2.75, 3.05) is 19.8 Å². The lowest BCUT2D eigenvalue weighted by atomic mass is 10.6. The highest BCUT2D eigenvalue weighted by Crippen LogP contribution is 2.19. The molecule has 0 amide bonds. The quantitative estimate of drug-likeness (QED) is 0.247. The summed E-state index contributed by atoms with van der Waals surface area (Å²) >= 11 is 0. The summed E-state index contributed by atoms with van der Waals surface area (Å²) in [6.07, 6.45) is 2.54. The monoisotopic (exact) mass is 277 g/mol. The van der Waals surface area contributed by atoms with Crippen molar-refractivity contribution in [3.8, 4) is 0 Å². The van der Waals surface area contributed by atoms with Crippen molar-refractivity contribution < 1.29 is 18.1 Å². The van der Waals surface area contributed by atoms with Gasteiger partial charge in [0.1, 0.15) is 0 Å². The number of nitrogens with zero attached hydrogens (tertiary/aromatic N) is 1. The molecule has 0 saturated carbocycles.